The van der Waals surface area contributed by atoms with E-state index in [0.717, 1.165) is 68.2 Å². The minimum absolute atomic E-state index is 0.0657. The normalized spacial score (nSPS) is 13.6. The first kappa shape index (κ1) is 25.1. The van der Waals surface area contributed by atoms with Gasteiger partial charge in [0.05, 0.1) is 10.2 Å². The van der Waals surface area contributed by atoms with Crippen molar-refractivity contribution in [2.45, 2.75) is 39.7 Å². The summed E-state index contributed by atoms with van der Waals surface area (Å²) in [5.74, 6) is 0.125. The predicted molar refractivity (Wildman–Crippen MR) is 160 cm³/mol. The molecule has 2 heterocycles. The number of H-pyrrole nitrogens is 1. The minimum atomic E-state index is -0.0831. The van der Waals surface area contributed by atoms with E-state index in [2.05, 4.69) is 50.9 Å². The molecule has 0 aliphatic heterocycles. The molecule has 0 bridgehead atoms. The number of anilines is 1. The molecule has 7 heteroatoms. The highest BCUT2D eigenvalue weighted by Crippen LogP contribution is 2.35. The maximum Gasteiger partial charge on any atom is 0.251 e. The number of aryl methyl sites for hydroxylation is 1. The monoisotopic (exact) mass is 534 g/mol. The SMILES string of the molecule is CC/C=C(/C(=O)NCc1ccc2[nH]ccc2c1)c1cc(-c2ccc3nc(NC(=O)C4CC4)sc3c2)ccc1C. The van der Waals surface area contributed by atoms with E-state index in [9.17, 15) is 9.59 Å². The number of hydrogen-bond acceptors (Lipinski definition) is 4. The molecule has 0 spiro atoms. The standard InChI is InChI=1S/C32H30N4O2S/c1-3-4-25(31(38)34-18-20-6-11-27-24(15-20)13-14-33-27)26-16-22(7-5-19(26)2)23-10-12-28-29(17-23)39-32(35-28)36-30(37)21-8-9-21/h4-7,10-17,21,33H,3,8-9,18H2,1-2H3,(H,34,38)(H,35,36,37)/b25-4+. The number of carbonyl (C=O) groups excluding carboxylic acids is 2. The number of aromatic amines is 1. The number of fused-ring (bicyclic) bond motifs is 2. The molecule has 5 aromatic rings. The van der Waals surface area contributed by atoms with Crippen LogP contribution in [0.2, 0.25) is 0 Å². The van der Waals surface area contributed by atoms with Crippen molar-refractivity contribution in [3.8, 4) is 11.1 Å². The Morgan fingerprint density at radius 2 is 1.87 bits per heavy atom. The van der Waals surface area contributed by atoms with E-state index in [1.54, 1.807) is 0 Å². The van der Waals surface area contributed by atoms with Crippen LogP contribution in [0, 0.1) is 12.8 Å². The molecule has 6 nitrogen and oxygen atoms in total. The Morgan fingerprint density at radius 1 is 1.05 bits per heavy atom. The van der Waals surface area contributed by atoms with E-state index in [0.29, 0.717) is 17.2 Å². The van der Waals surface area contributed by atoms with Crippen LogP contribution in [0.1, 0.15) is 42.9 Å². The van der Waals surface area contributed by atoms with Gasteiger partial charge >= 0.3 is 0 Å². The van der Waals surface area contributed by atoms with Crippen LogP contribution in [0.5, 0.6) is 0 Å². The van der Waals surface area contributed by atoms with Gasteiger partial charge in [0.2, 0.25) is 5.91 Å². The molecule has 1 aliphatic carbocycles. The summed E-state index contributed by atoms with van der Waals surface area (Å²) in [4.78, 5) is 33.4. The second-order valence-corrected chi connectivity index (χ2v) is 11.1. The number of allylic oxidation sites excluding steroid dienone is 1. The van der Waals surface area contributed by atoms with E-state index < -0.39 is 0 Å². The van der Waals surface area contributed by atoms with Crippen molar-refractivity contribution < 1.29 is 9.59 Å². The van der Waals surface area contributed by atoms with Crippen LogP contribution in [0.3, 0.4) is 0 Å². The first-order valence-electron chi connectivity index (χ1n) is 13.4. The van der Waals surface area contributed by atoms with E-state index in [1.807, 2.05) is 56.5 Å². The quantitative estimate of drug-likeness (QED) is 0.184. The fraction of sp³-hybridized carbons (Fsp3) is 0.219. The summed E-state index contributed by atoms with van der Waals surface area (Å²) in [5.41, 5.74) is 7.74. The smallest absolute Gasteiger partial charge is 0.251 e. The van der Waals surface area contributed by atoms with E-state index >= 15 is 0 Å². The lowest BCUT2D eigenvalue weighted by Crippen LogP contribution is -2.24. The second kappa shape index (κ2) is 10.5. The number of hydrogen-bond donors (Lipinski definition) is 3. The Hall–Kier alpha value is -4.23. The fourth-order valence-electron chi connectivity index (χ4n) is 4.82. The topological polar surface area (TPSA) is 86.9 Å². The molecule has 1 saturated carbocycles. The summed E-state index contributed by atoms with van der Waals surface area (Å²) < 4.78 is 1.02. The van der Waals surface area contributed by atoms with Crippen LogP contribution in [0.4, 0.5) is 5.13 Å². The van der Waals surface area contributed by atoms with Gasteiger partial charge in [0.15, 0.2) is 5.13 Å². The van der Waals surface area contributed by atoms with Crippen LogP contribution in [-0.2, 0) is 16.1 Å². The van der Waals surface area contributed by atoms with Crippen LogP contribution in [-0.4, -0.2) is 21.8 Å². The summed E-state index contributed by atoms with van der Waals surface area (Å²) in [5, 5.41) is 7.85. The largest absolute Gasteiger partial charge is 0.361 e. The summed E-state index contributed by atoms with van der Waals surface area (Å²) in [7, 11) is 0. The van der Waals surface area contributed by atoms with Gasteiger partial charge in [-0.05, 0) is 95.8 Å². The molecule has 0 unspecified atom stereocenters. The number of carbonyl (C=O) groups is 2. The number of nitrogens with one attached hydrogen (secondary N) is 3. The van der Waals surface area contributed by atoms with Gasteiger partial charge in [0.1, 0.15) is 0 Å². The predicted octanol–water partition coefficient (Wildman–Crippen LogP) is 7.21. The van der Waals surface area contributed by atoms with Crippen LogP contribution in [0.25, 0.3) is 37.8 Å². The molecule has 1 fully saturated rings. The maximum absolute atomic E-state index is 13.4. The van der Waals surface area contributed by atoms with Crippen molar-refractivity contribution in [3.63, 3.8) is 0 Å². The summed E-state index contributed by atoms with van der Waals surface area (Å²) in [6.07, 6.45) is 6.60. The van der Waals surface area contributed by atoms with Crippen LogP contribution < -0.4 is 10.6 Å². The van der Waals surface area contributed by atoms with Crippen LogP contribution >= 0.6 is 11.3 Å². The molecular weight excluding hydrogens is 504 g/mol. The molecule has 2 amide bonds. The highest BCUT2D eigenvalue weighted by molar-refractivity contribution is 7.22. The average molecular weight is 535 g/mol. The number of benzene rings is 3. The lowest BCUT2D eigenvalue weighted by molar-refractivity contribution is -0.117. The van der Waals surface area contributed by atoms with Crippen molar-refractivity contribution in [1.82, 2.24) is 15.3 Å². The molecule has 0 atom stereocenters. The Balaban J connectivity index is 1.24. The zero-order chi connectivity index (χ0) is 26.9. The molecule has 2 aromatic heterocycles. The van der Waals surface area contributed by atoms with Crippen molar-refractivity contribution in [3.05, 3.63) is 89.6 Å². The summed E-state index contributed by atoms with van der Waals surface area (Å²) in [6.45, 7) is 4.54. The molecule has 1 aliphatic rings. The minimum Gasteiger partial charge on any atom is -0.361 e. The molecule has 3 N–H and O–H groups in total. The van der Waals surface area contributed by atoms with E-state index in [4.69, 9.17) is 0 Å². The number of nitrogens with zero attached hydrogens (tertiary/aromatic N) is 1. The third-order valence-electron chi connectivity index (χ3n) is 7.15. The van der Waals surface area contributed by atoms with Gasteiger partial charge in [-0.25, -0.2) is 4.98 Å². The van der Waals surface area contributed by atoms with E-state index in [1.165, 1.54) is 11.3 Å². The summed E-state index contributed by atoms with van der Waals surface area (Å²) >= 11 is 1.49. The Kier molecular flexibility index (Phi) is 6.75. The highest BCUT2D eigenvalue weighted by atomic mass is 32.1. The van der Waals surface area contributed by atoms with Gasteiger partial charge in [-0.2, -0.15) is 0 Å². The Labute approximate surface area is 231 Å². The molecule has 0 radical (unpaired) electrons. The zero-order valence-corrected chi connectivity index (χ0v) is 22.8. The number of amides is 2. The van der Waals surface area contributed by atoms with Crippen molar-refractivity contribution in [2.24, 2.45) is 5.92 Å². The number of aromatic nitrogens is 2. The maximum atomic E-state index is 13.4. The third kappa shape index (κ3) is 5.36. The van der Waals surface area contributed by atoms with E-state index in [-0.39, 0.29) is 17.7 Å². The third-order valence-corrected chi connectivity index (χ3v) is 8.09. The highest BCUT2D eigenvalue weighted by Gasteiger charge is 2.30. The lowest BCUT2D eigenvalue weighted by Gasteiger charge is -2.14. The molecule has 6 rings (SSSR count). The average Bonchev–Trinajstić information content (AvgIpc) is 3.56. The van der Waals surface area contributed by atoms with Gasteiger partial charge in [-0.15, -0.1) is 0 Å². The van der Waals surface area contributed by atoms with Gasteiger partial charge < -0.3 is 15.6 Å². The van der Waals surface area contributed by atoms with Crippen molar-refractivity contribution >= 4 is 55.0 Å². The fourth-order valence-corrected chi connectivity index (χ4v) is 5.73. The molecule has 196 valence electrons. The van der Waals surface area contributed by atoms with Gasteiger partial charge in [-0.1, -0.05) is 48.6 Å². The number of rotatable bonds is 8. The van der Waals surface area contributed by atoms with Crippen molar-refractivity contribution in [2.75, 3.05) is 5.32 Å². The second-order valence-electron chi connectivity index (χ2n) is 10.1. The van der Waals surface area contributed by atoms with Crippen molar-refractivity contribution in [1.29, 1.82) is 0 Å². The van der Waals surface area contributed by atoms with Gasteiger partial charge in [0.25, 0.3) is 5.91 Å². The summed E-state index contributed by atoms with van der Waals surface area (Å²) in [6, 6.07) is 20.6. The number of thiazole rings is 1. The Bertz CT molecular complexity index is 1740. The lowest BCUT2D eigenvalue weighted by atomic mass is 9.94. The Morgan fingerprint density at radius 3 is 2.69 bits per heavy atom. The first-order valence-corrected chi connectivity index (χ1v) is 14.2. The zero-order valence-electron chi connectivity index (χ0n) is 22.0. The molecule has 0 saturated heterocycles. The molecular formula is C32H30N4O2S. The molecule has 3 aromatic carbocycles. The molecule has 39 heavy (non-hydrogen) atoms. The van der Waals surface area contributed by atoms with Gasteiger partial charge in [0, 0.05) is 29.7 Å². The van der Waals surface area contributed by atoms with Gasteiger partial charge in [-0.3, -0.25) is 9.59 Å². The van der Waals surface area contributed by atoms with Crippen LogP contribution in [0.15, 0.2) is 72.9 Å². The first-order chi connectivity index (χ1) is 19.0.